The predicted molar refractivity (Wildman–Crippen MR) is 77.0 cm³/mol. The molecule has 0 amide bonds. The van der Waals surface area contributed by atoms with Gasteiger partial charge in [0.15, 0.2) is 0 Å². The fraction of sp³-hybridized carbons (Fsp3) is 0.200. The molecule has 4 heteroatoms. The first-order chi connectivity index (χ1) is 9.24. The Kier molecular flexibility index (Phi) is 2.91. The molecule has 4 nitrogen and oxygen atoms in total. The quantitative estimate of drug-likeness (QED) is 0.779. The maximum absolute atomic E-state index is 4.44. The SMILES string of the molecule is Cc1nn(C)cc1CNc1cccc2cccnc12. The van der Waals surface area contributed by atoms with Gasteiger partial charge in [-0.1, -0.05) is 18.2 Å². The van der Waals surface area contributed by atoms with Crippen molar-refractivity contribution >= 4 is 16.6 Å². The van der Waals surface area contributed by atoms with Crippen molar-refractivity contribution in [1.29, 1.82) is 0 Å². The standard InChI is InChI=1S/C15H16N4/c1-11-13(10-19(2)18-11)9-17-14-7-3-5-12-6-4-8-16-15(12)14/h3-8,10,17H,9H2,1-2H3. The average Bonchev–Trinajstić information content (AvgIpc) is 2.74. The lowest BCUT2D eigenvalue weighted by atomic mass is 10.2. The zero-order valence-corrected chi connectivity index (χ0v) is 11.1. The Morgan fingerprint density at radius 3 is 2.84 bits per heavy atom. The molecule has 0 aliphatic carbocycles. The van der Waals surface area contributed by atoms with Gasteiger partial charge in [0.05, 0.1) is 16.9 Å². The van der Waals surface area contributed by atoms with Crippen LogP contribution < -0.4 is 5.32 Å². The third kappa shape index (κ3) is 2.29. The number of anilines is 1. The minimum atomic E-state index is 0.759. The van der Waals surface area contributed by atoms with Crippen molar-refractivity contribution in [2.45, 2.75) is 13.5 Å². The van der Waals surface area contributed by atoms with E-state index in [1.807, 2.05) is 43.2 Å². The van der Waals surface area contributed by atoms with Crippen LogP contribution >= 0.6 is 0 Å². The van der Waals surface area contributed by atoms with Crippen LogP contribution in [0.25, 0.3) is 10.9 Å². The molecule has 0 atom stereocenters. The van der Waals surface area contributed by atoms with E-state index < -0.39 is 0 Å². The van der Waals surface area contributed by atoms with Crippen LogP contribution in [0.15, 0.2) is 42.7 Å². The van der Waals surface area contributed by atoms with Crippen LogP contribution in [0.1, 0.15) is 11.3 Å². The number of aromatic nitrogens is 3. The normalized spacial score (nSPS) is 10.8. The molecule has 0 bridgehead atoms. The van der Waals surface area contributed by atoms with Gasteiger partial charge >= 0.3 is 0 Å². The van der Waals surface area contributed by atoms with Crippen LogP contribution in [0.5, 0.6) is 0 Å². The third-order valence-corrected chi connectivity index (χ3v) is 3.22. The summed E-state index contributed by atoms with van der Waals surface area (Å²) in [4.78, 5) is 4.44. The fourth-order valence-electron chi connectivity index (χ4n) is 2.26. The molecule has 0 aliphatic heterocycles. The Labute approximate surface area is 112 Å². The van der Waals surface area contributed by atoms with Gasteiger partial charge < -0.3 is 5.32 Å². The number of aryl methyl sites for hydroxylation is 2. The summed E-state index contributed by atoms with van der Waals surface area (Å²) >= 11 is 0. The zero-order valence-electron chi connectivity index (χ0n) is 11.1. The summed E-state index contributed by atoms with van der Waals surface area (Å²) in [7, 11) is 1.94. The molecule has 0 aliphatic rings. The van der Waals surface area contributed by atoms with Crippen molar-refractivity contribution in [3.8, 4) is 0 Å². The molecule has 3 rings (SSSR count). The summed E-state index contributed by atoms with van der Waals surface area (Å²) in [6.07, 6.45) is 3.86. The van der Waals surface area contributed by atoms with E-state index in [-0.39, 0.29) is 0 Å². The van der Waals surface area contributed by atoms with Crippen LogP contribution in [0.2, 0.25) is 0 Å². The number of benzene rings is 1. The van der Waals surface area contributed by atoms with Crippen LogP contribution in [-0.2, 0) is 13.6 Å². The maximum atomic E-state index is 4.44. The second-order valence-electron chi connectivity index (χ2n) is 4.65. The van der Waals surface area contributed by atoms with Crippen molar-refractivity contribution < 1.29 is 0 Å². The van der Waals surface area contributed by atoms with E-state index in [0.717, 1.165) is 28.8 Å². The van der Waals surface area contributed by atoms with Gasteiger partial charge in [-0.2, -0.15) is 5.10 Å². The number of fused-ring (bicyclic) bond motifs is 1. The number of hydrogen-bond donors (Lipinski definition) is 1. The molecule has 3 aromatic rings. The summed E-state index contributed by atoms with van der Waals surface area (Å²) in [5.74, 6) is 0. The highest BCUT2D eigenvalue weighted by Crippen LogP contribution is 2.21. The van der Waals surface area contributed by atoms with Crippen LogP contribution in [0, 0.1) is 6.92 Å². The second kappa shape index (κ2) is 4.72. The summed E-state index contributed by atoms with van der Waals surface area (Å²) in [6.45, 7) is 2.79. The minimum Gasteiger partial charge on any atom is -0.379 e. The van der Waals surface area contributed by atoms with Gasteiger partial charge in [0, 0.05) is 36.9 Å². The predicted octanol–water partition coefficient (Wildman–Crippen LogP) is 2.89. The Morgan fingerprint density at radius 1 is 1.21 bits per heavy atom. The van der Waals surface area contributed by atoms with Gasteiger partial charge in [-0.25, -0.2) is 0 Å². The number of nitrogens with zero attached hydrogens (tertiary/aromatic N) is 3. The molecule has 0 spiro atoms. The van der Waals surface area contributed by atoms with E-state index in [0.29, 0.717) is 0 Å². The first-order valence-electron chi connectivity index (χ1n) is 6.31. The highest BCUT2D eigenvalue weighted by Gasteiger charge is 2.05. The third-order valence-electron chi connectivity index (χ3n) is 3.22. The smallest absolute Gasteiger partial charge is 0.0933 e. The second-order valence-corrected chi connectivity index (χ2v) is 4.65. The van der Waals surface area contributed by atoms with Gasteiger partial charge in [0.2, 0.25) is 0 Å². The lowest BCUT2D eigenvalue weighted by molar-refractivity contribution is 0.756. The summed E-state index contributed by atoms with van der Waals surface area (Å²) in [5.41, 5.74) is 4.33. The van der Waals surface area contributed by atoms with Gasteiger partial charge in [-0.05, 0) is 19.1 Å². The Bertz CT molecular complexity index is 710. The molecule has 0 radical (unpaired) electrons. The molecule has 2 aromatic heterocycles. The topological polar surface area (TPSA) is 42.7 Å². The average molecular weight is 252 g/mol. The molecule has 1 aromatic carbocycles. The molecule has 0 saturated carbocycles. The highest BCUT2D eigenvalue weighted by molar-refractivity contribution is 5.90. The van der Waals surface area contributed by atoms with E-state index in [9.17, 15) is 0 Å². The zero-order chi connectivity index (χ0) is 13.2. The summed E-state index contributed by atoms with van der Waals surface area (Å²) in [5, 5.41) is 8.94. The number of pyridine rings is 1. The summed E-state index contributed by atoms with van der Waals surface area (Å²) < 4.78 is 1.84. The molecule has 1 N–H and O–H groups in total. The molecule has 2 heterocycles. The Morgan fingerprint density at radius 2 is 2.05 bits per heavy atom. The van der Waals surface area contributed by atoms with E-state index in [2.05, 4.69) is 33.6 Å². The molecule has 0 saturated heterocycles. The first-order valence-corrected chi connectivity index (χ1v) is 6.31. The van der Waals surface area contributed by atoms with E-state index >= 15 is 0 Å². The number of rotatable bonds is 3. The van der Waals surface area contributed by atoms with Gasteiger partial charge in [-0.3, -0.25) is 9.67 Å². The number of hydrogen-bond acceptors (Lipinski definition) is 3. The molecule has 96 valence electrons. The van der Waals surface area contributed by atoms with E-state index in [1.54, 1.807) is 0 Å². The van der Waals surface area contributed by atoms with Crippen molar-refractivity contribution in [2.24, 2.45) is 7.05 Å². The number of nitrogens with one attached hydrogen (secondary N) is 1. The summed E-state index contributed by atoms with van der Waals surface area (Å²) in [6, 6.07) is 10.2. The van der Waals surface area contributed by atoms with E-state index in [1.165, 1.54) is 5.56 Å². The molecular formula is C15H16N4. The fourth-order valence-corrected chi connectivity index (χ4v) is 2.26. The Hall–Kier alpha value is -2.36. The van der Waals surface area contributed by atoms with Crippen molar-refractivity contribution in [3.05, 3.63) is 54.0 Å². The van der Waals surface area contributed by atoms with Crippen LogP contribution in [0.3, 0.4) is 0 Å². The first kappa shape index (κ1) is 11.7. The van der Waals surface area contributed by atoms with Gasteiger partial charge in [-0.15, -0.1) is 0 Å². The van der Waals surface area contributed by atoms with Gasteiger partial charge in [0.25, 0.3) is 0 Å². The maximum Gasteiger partial charge on any atom is 0.0933 e. The van der Waals surface area contributed by atoms with Crippen LogP contribution in [0.4, 0.5) is 5.69 Å². The van der Waals surface area contributed by atoms with Gasteiger partial charge in [0.1, 0.15) is 0 Å². The van der Waals surface area contributed by atoms with Crippen LogP contribution in [-0.4, -0.2) is 14.8 Å². The lowest BCUT2D eigenvalue weighted by Crippen LogP contribution is -2.01. The minimum absolute atomic E-state index is 0.759. The van der Waals surface area contributed by atoms with E-state index in [4.69, 9.17) is 0 Å². The monoisotopic (exact) mass is 252 g/mol. The highest BCUT2D eigenvalue weighted by atomic mass is 15.2. The van der Waals surface area contributed by atoms with Crippen molar-refractivity contribution in [1.82, 2.24) is 14.8 Å². The molecular weight excluding hydrogens is 236 g/mol. The van der Waals surface area contributed by atoms with Crippen molar-refractivity contribution in [2.75, 3.05) is 5.32 Å². The molecule has 0 unspecified atom stereocenters. The number of para-hydroxylation sites is 1. The lowest BCUT2D eigenvalue weighted by Gasteiger charge is -2.08. The molecule has 0 fully saturated rings. The van der Waals surface area contributed by atoms with Crippen molar-refractivity contribution in [3.63, 3.8) is 0 Å². The largest absolute Gasteiger partial charge is 0.379 e. The molecule has 19 heavy (non-hydrogen) atoms. The Balaban J connectivity index is 1.88.